The van der Waals surface area contributed by atoms with E-state index in [1.165, 1.54) is 0 Å². The number of anilines is 1. The van der Waals surface area contributed by atoms with Crippen LogP contribution in [0.15, 0.2) is 47.0 Å². The van der Waals surface area contributed by atoms with Crippen LogP contribution in [0.4, 0.5) is 5.82 Å². The summed E-state index contributed by atoms with van der Waals surface area (Å²) in [5.74, 6) is 1.19. The third-order valence-corrected chi connectivity index (χ3v) is 6.94. The number of likely N-dealkylation sites (tertiary alicyclic amines) is 1. The van der Waals surface area contributed by atoms with Gasteiger partial charge in [-0.3, -0.25) is 14.5 Å². The lowest BCUT2D eigenvalue weighted by Crippen LogP contribution is -2.42. The molecule has 8 heteroatoms. The van der Waals surface area contributed by atoms with Crippen LogP contribution < -0.4 is 5.32 Å². The quantitative estimate of drug-likeness (QED) is 0.552. The molecule has 2 aliphatic heterocycles. The molecule has 5 rings (SSSR count). The Morgan fingerprint density at radius 1 is 1.34 bits per heavy atom. The normalized spacial score (nSPS) is 20.7. The van der Waals surface area contributed by atoms with Gasteiger partial charge >= 0.3 is 0 Å². The van der Waals surface area contributed by atoms with Crippen molar-refractivity contribution < 1.29 is 19.1 Å². The highest BCUT2D eigenvalue weighted by atomic mass is 16.3. The number of fused-ring (bicyclic) bond motifs is 2. The standard InChI is InChI=1S/C27H30N4O4/c1-17-22(21-5-3-4-6-24(21)35-17)16-30(2)25(33)10-7-18-13-19-8-9-23(31-12-11-20(32)15-31)27(34)29-26(19)28-14-18/h3-7,10,13-14,20,23,32H,8-9,11-12,15-16H2,1-2H3,(H,28,29,34)/b10-7+/t20-,23+/m0/s1. The van der Waals surface area contributed by atoms with E-state index >= 15 is 0 Å². The van der Waals surface area contributed by atoms with Crippen LogP contribution in [0.2, 0.25) is 0 Å². The van der Waals surface area contributed by atoms with E-state index in [0.717, 1.165) is 40.0 Å². The zero-order chi connectivity index (χ0) is 24.5. The van der Waals surface area contributed by atoms with Crippen molar-refractivity contribution in [3.05, 3.63) is 65.1 Å². The Hall–Kier alpha value is -3.49. The maximum absolute atomic E-state index is 12.8. The van der Waals surface area contributed by atoms with Gasteiger partial charge in [0.1, 0.15) is 17.2 Å². The van der Waals surface area contributed by atoms with Crippen molar-refractivity contribution >= 4 is 34.7 Å². The highest BCUT2D eigenvalue weighted by Gasteiger charge is 2.33. The number of carbonyl (C=O) groups excluding carboxylic acids is 2. The van der Waals surface area contributed by atoms with Gasteiger partial charge in [0.25, 0.3) is 0 Å². The number of hydrogen-bond acceptors (Lipinski definition) is 6. The number of aliphatic hydroxyl groups excluding tert-OH is 1. The minimum Gasteiger partial charge on any atom is -0.461 e. The first-order valence-corrected chi connectivity index (χ1v) is 12.0. The fourth-order valence-corrected chi connectivity index (χ4v) is 4.97. The van der Waals surface area contributed by atoms with E-state index in [1.807, 2.05) is 42.2 Å². The molecule has 2 N–H and O–H groups in total. The molecule has 182 valence electrons. The van der Waals surface area contributed by atoms with Gasteiger partial charge in [0, 0.05) is 49.9 Å². The summed E-state index contributed by atoms with van der Waals surface area (Å²) in [4.78, 5) is 33.7. The summed E-state index contributed by atoms with van der Waals surface area (Å²) < 4.78 is 5.82. The number of aliphatic hydroxyl groups is 1. The van der Waals surface area contributed by atoms with Crippen molar-refractivity contribution in [3.8, 4) is 0 Å². The van der Waals surface area contributed by atoms with Crippen LogP contribution in [0.3, 0.4) is 0 Å². The van der Waals surface area contributed by atoms with Crippen molar-refractivity contribution in [3.63, 3.8) is 0 Å². The molecule has 0 unspecified atom stereocenters. The van der Waals surface area contributed by atoms with Crippen molar-refractivity contribution in [1.29, 1.82) is 0 Å². The number of β-amino-alcohol motifs (C(OH)–C–C–N with tert-alkyl or cyclic N) is 1. The molecule has 8 nitrogen and oxygen atoms in total. The number of carbonyl (C=O) groups is 2. The number of amides is 2. The zero-order valence-electron chi connectivity index (χ0n) is 20.0. The monoisotopic (exact) mass is 474 g/mol. The Labute approximate surface area is 204 Å². The number of pyridine rings is 1. The smallest absolute Gasteiger partial charge is 0.246 e. The van der Waals surface area contributed by atoms with Gasteiger partial charge in [-0.05, 0) is 55.5 Å². The Bertz CT molecular complexity index is 1300. The number of rotatable bonds is 5. The summed E-state index contributed by atoms with van der Waals surface area (Å²) in [6.45, 7) is 3.62. The van der Waals surface area contributed by atoms with E-state index in [1.54, 1.807) is 30.3 Å². The van der Waals surface area contributed by atoms with Crippen LogP contribution in [-0.2, 0) is 22.6 Å². The summed E-state index contributed by atoms with van der Waals surface area (Å²) in [5, 5.41) is 13.8. The maximum Gasteiger partial charge on any atom is 0.246 e. The first-order valence-electron chi connectivity index (χ1n) is 12.0. The van der Waals surface area contributed by atoms with Crippen molar-refractivity contribution in [2.45, 2.75) is 44.9 Å². The zero-order valence-corrected chi connectivity index (χ0v) is 20.0. The average Bonchev–Trinajstić information content (AvgIpc) is 3.36. The van der Waals surface area contributed by atoms with Gasteiger partial charge in [-0.25, -0.2) is 4.98 Å². The number of para-hydroxylation sites is 1. The average molecular weight is 475 g/mol. The number of aromatic nitrogens is 1. The lowest BCUT2D eigenvalue weighted by molar-refractivity contribution is -0.125. The molecule has 35 heavy (non-hydrogen) atoms. The lowest BCUT2D eigenvalue weighted by Gasteiger charge is -2.24. The summed E-state index contributed by atoms with van der Waals surface area (Å²) in [6.07, 6.45) is 6.66. The highest BCUT2D eigenvalue weighted by molar-refractivity contribution is 5.96. The fourth-order valence-electron chi connectivity index (χ4n) is 4.97. The van der Waals surface area contributed by atoms with E-state index in [-0.39, 0.29) is 24.0 Å². The summed E-state index contributed by atoms with van der Waals surface area (Å²) in [7, 11) is 1.77. The van der Waals surface area contributed by atoms with Gasteiger partial charge in [0.2, 0.25) is 11.8 Å². The highest BCUT2D eigenvalue weighted by Crippen LogP contribution is 2.27. The van der Waals surface area contributed by atoms with Gasteiger partial charge in [0.15, 0.2) is 0 Å². The van der Waals surface area contributed by atoms with Crippen LogP contribution in [0, 0.1) is 6.92 Å². The Balaban J connectivity index is 1.25. The Morgan fingerprint density at radius 3 is 2.97 bits per heavy atom. The molecule has 4 heterocycles. The lowest BCUT2D eigenvalue weighted by atomic mass is 10.0. The molecule has 1 aromatic carbocycles. The predicted octanol–water partition coefficient (Wildman–Crippen LogP) is 3.13. The van der Waals surface area contributed by atoms with E-state index in [0.29, 0.717) is 38.2 Å². The van der Waals surface area contributed by atoms with Crippen molar-refractivity contribution in [2.24, 2.45) is 0 Å². The third-order valence-electron chi connectivity index (χ3n) is 6.94. The number of hydrogen-bond donors (Lipinski definition) is 2. The van der Waals surface area contributed by atoms with Crippen LogP contribution in [0.5, 0.6) is 0 Å². The van der Waals surface area contributed by atoms with Gasteiger partial charge < -0.3 is 19.7 Å². The molecule has 0 radical (unpaired) electrons. The minimum absolute atomic E-state index is 0.0764. The first-order chi connectivity index (χ1) is 16.9. The van der Waals surface area contributed by atoms with E-state index < -0.39 is 0 Å². The molecule has 0 spiro atoms. The number of nitrogens with zero attached hydrogens (tertiary/aromatic N) is 3. The molecule has 1 fully saturated rings. The number of nitrogens with one attached hydrogen (secondary N) is 1. The van der Waals surface area contributed by atoms with Crippen LogP contribution >= 0.6 is 0 Å². The summed E-state index contributed by atoms with van der Waals surface area (Å²) in [6, 6.07) is 9.54. The van der Waals surface area contributed by atoms with Gasteiger partial charge in [-0.15, -0.1) is 0 Å². The molecule has 2 amide bonds. The topological polar surface area (TPSA) is 98.9 Å². The molecule has 0 aliphatic carbocycles. The molecule has 2 aliphatic rings. The minimum atomic E-state index is -0.366. The Morgan fingerprint density at radius 2 is 2.17 bits per heavy atom. The van der Waals surface area contributed by atoms with E-state index in [2.05, 4.69) is 10.3 Å². The van der Waals surface area contributed by atoms with Gasteiger partial charge in [-0.1, -0.05) is 18.2 Å². The summed E-state index contributed by atoms with van der Waals surface area (Å²) in [5.41, 5.74) is 3.58. The number of benzene rings is 1. The largest absolute Gasteiger partial charge is 0.461 e. The van der Waals surface area contributed by atoms with Gasteiger partial charge in [-0.2, -0.15) is 0 Å². The molecule has 3 aromatic rings. The van der Waals surface area contributed by atoms with Crippen LogP contribution in [0.25, 0.3) is 17.0 Å². The van der Waals surface area contributed by atoms with Crippen molar-refractivity contribution in [2.75, 3.05) is 25.5 Å². The van der Waals surface area contributed by atoms with Crippen LogP contribution in [0.1, 0.15) is 35.3 Å². The molecular weight excluding hydrogens is 444 g/mol. The second kappa shape index (κ2) is 9.64. The fraction of sp³-hybridized carbons (Fsp3) is 0.370. The number of aryl methyl sites for hydroxylation is 2. The molecule has 1 saturated heterocycles. The van der Waals surface area contributed by atoms with Gasteiger partial charge in [0.05, 0.1) is 12.1 Å². The van der Waals surface area contributed by atoms with Crippen LogP contribution in [-0.4, -0.2) is 64.0 Å². The SMILES string of the molecule is Cc1oc2ccccc2c1CN(C)C(=O)/C=C/c1cnc2c(c1)CC[C@@H](N1CC[C@H](O)C1)C(=O)N2. The molecule has 2 atom stereocenters. The number of likely N-dealkylation sites (N-methyl/N-ethyl adjacent to an activating group) is 1. The first kappa shape index (κ1) is 23.3. The molecule has 0 bridgehead atoms. The van der Waals surface area contributed by atoms with E-state index in [4.69, 9.17) is 4.42 Å². The summed E-state index contributed by atoms with van der Waals surface area (Å²) >= 11 is 0. The predicted molar refractivity (Wildman–Crippen MR) is 134 cm³/mol. The maximum atomic E-state index is 12.8. The molecular formula is C27H30N4O4. The van der Waals surface area contributed by atoms with Crippen molar-refractivity contribution in [1.82, 2.24) is 14.8 Å². The second-order valence-corrected chi connectivity index (χ2v) is 9.42. The van der Waals surface area contributed by atoms with E-state index in [9.17, 15) is 14.7 Å². The Kier molecular flexibility index (Phi) is 6.40. The molecule has 0 saturated carbocycles. The molecule has 2 aromatic heterocycles. The number of furan rings is 1. The second-order valence-electron chi connectivity index (χ2n) is 9.42. The third kappa shape index (κ3) is 4.85.